The minimum Gasteiger partial charge on any atom is -0.455 e. The molecule has 4 aliphatic rings. The van der Waals surface area contributed by atoms with Crippen molar-refractivity contribution in [3.05, 3.63) is 60.3 Å². The van der Waals surface area contributed by atoms with Gasteiger partial charge in [0.25, 0.3) is 0 Å². The van der Waals surface area contributed by atoms with Gasteiger partial charge in [-0.3, -0.25) is 4.79 Å². The topological polar surface area (TPSA) is 66.8 Å². The number of fused-ring (bicyclic) bond motifs is 5. The summed E-state index contributed by atoms with van der Waals surface area (Å²) >= 11 is 0. The van der Waals surface area contributed by atoms with Crippen molar-refractivity contribution in [1.29, 1.82) is 0 Å². The third-order valence-corrected chi connectivity index (χ3v) is 14.0. The highest BCUT2D eigenvalue weighted by Crippen LogP contribution is 2.68. The molecule has 50 heavy (non-hydrogen) atoms. The summed E-state index contributed by atoms with van der Waals surface area (Å²) in [7, 11) is 0. The number of unbranched alkanes of at least 4 members (excludes halogenated alkanes) is 5. The fraction of sp³-hybridized carbons (Fsp3) is 0.761. The van der Waals surface area contributed by atoms with Gasteiger partial charge in [0.05, 0.1) is 6.10 Å². The van der Waals surface area contributed by atoms with E-state index >= 15 is 0 Å². The van der Waals surface area contributed by atoms with Crippen LogP contribution in [-0.2, 0) is 9.53 Å². The van der Waals surface area contributed by atoms with Crippen LogP contribution in [0.25, 0.3) is 0 Å². The minimum absolute atomic E-state index is 0.205. The molecule has 0 aromatic rings. The maximum absolute atomic E-state index is 13.4. The molecule has 4 rings (SSSR count). The fourth-order valence-electron chi connectivity index (χ4n) is 10.4. The molecule has 0 aromatic heterocycles. The zero-order valence-electron chi connectivity index (χ0n) is 33.0. The van der Waals surface area contributed by atoms with E-state index < -0.39 is 23.2 Å². The Morgan fingerprint density at radius 2 is 1.54 bits per heavy atom. The molecule has 0 bridgehead atoms. The third-order valence-electron chi connectivity index (χ3n) is 14.0. The molecule has 282 valence electrons. The maximum Gasteiger partial charge on any atom is 0.306 e. The van der Waals surface area contributed by atoms with Gasteiger partial charge in [0, 0.05) is 18.3 Å². The second-order valence-electron chi connectivity index (χ2n) is 17.6. The van der Waals surface area contributed by atoms with Gasteiger partial charge in [-0.15, -0.1) is 0 Å². The van der Waals surface area contributed by atoms with E-state index in [0.717, 1.165) is 57.8 Å². The molecule has 0 aliphatic heterocycles. The van der Waals surface area contributed by atoms with Gasteiger partial charge in [-0.1, -0.05) is 122 Å². The maximum atomic E-state index is 13.4. The number of rotatable bonds is 18. The smallest absolute Gasteiger partial charge is 0.306 e. The van der Waals surface area contributed by atoms with Gasteiger partial charge in [-0.2, -0.15) is 0 Å². The average Bonchev–Trinajstić information content (AvgIpc) is 3.43. The van der Waals surface area contributed by atoms with Crippen molar-refractivity contribution in [3.63, 3.8) is 0 Å². The van der Waals surface area contributed by atoms with E-state index in [2.05, 4.69) is 103 Å². The summed E-state index contributed by atoms with van der Waals surface area (Å²) in [6, 6.07) is 0. The lowest BCUT2D eigenvalue weighted by atomic mass is 9.45. The number of ether oxygens (including phenoxy) is 1. The Kier molecular flexibility index (Phi) is 15.3. The van der Waals surface area contributed by atoms with Gasteiger partial charge >= 0.3 is 5.97 Å². The number of esters is 1. The average molecular weight is 691 g/mol. The molecule has 0 saturated heterocycles. The molecule has 0 spiro atoms. The standard InChI is InChI=1S/C46H74O4/c1-8-9-10-11-12-13-14-15-16-17-18-19-20-21-22-23-43(48)50-42-32-38-40-27-26-39(36(5)25-24-35(4)34(2)3)44(40,6)30-29-41(38)45(7)31-28-37(47)33-46(42,45)49/h9-10,12-13,15-16,24-25,32,34-37,39-42,47,49H,8,11,14,17-23,26-31,33H2,1-7H3/b10-9-,13-12-,16-15-,25-24+/t35-,36+,37-,39+,40-,41-,42+,44+,45+,46-/m0/s1. The monoisotopic (exact) mass is 691 g/mol. The molecule has 0 amide bonds. The lowest BCUT2D eigenvalue weighted by molar-refractivity contribution is -0.222. The van der Waals surface area contributed by atoms with Crippen molar-refractivity contribution in [3.8, 4) is 0 Å². The van der Waals surface area contributed by atoms with Gasteiger partial charge in [0.1, 0.15) is 11.7 Å². The van der Waals surface area contributed by atoms with E-state index in [4.69, 9.17) is 4.74 Å². The van der Waals surface area contributed by atoms with Crippen LogP contribution < -0.4 is 0 Å². The van der Waals surface area contributed by atoms with Crippen LogP contribution in [0.1, 0.15) is 158 Å². The molecule has 10 atom stereocenters. The van der Waals surface area contributed by atoms with E-state index in [0.29, 0.717) is 42.4 Å². The zero-order valence-corrected chi connectivity index (χ0v) is 33.0. The van der Waals surface area contributed by atoms with Gasteiger partial charge in [-0.25, -0.2) is 0 Å². The first-order valence-corrected chi connectivity index (χ1v) is 20.8. The molecule has 3 saturated carbocycles. The van der Waals surface area contributed by atoms with E-state index in [-0.39, 0.29) is 23.7 Å². The van der Waals surface area contributed by atoms with Crippen LogP contribution in [0.2, 0.25) is 0 Å². The lowest BCUT2D eigenvalue weighted by Crippen LogP contribution is -2.66. The number of carbonyl (C=O) groups excluding carboxylic acids is 1. The van der Waals surface area contributed by atoms with Crippen LogP contribution in [0.5, 0.6) is 0 Å². The zero-order chi connectivity index (χ0) is 36.4. The van der Waals surface area contributed by atoms with Crippen molar-refractivity contribution < 1.29 is 19.7 Å². The summed E-state index contributed by atoms with van der Waals surface area (Å²) in [6.45, 7) is 16.3. The van der Waals surface area contributed by atoms with Gasteiger partial charge in [0.2, 0.25) is 0 Å². The summed E-state index contributed by atoms with van der Waals surface area (Å²) in [5, 5.41) is 23.3. The molecule has 0 unspecified atom stereocenters. The molecule has 4 aliphatic carbocycles. The molecule has 4 heteroatoms. The van der Waals surface area contributed by atoms with E-state index in [1.54, 1.807) is 0 Å². The summed E-state index contributed by atoms with van der Waals surface area (Å²) in [5.74, 6) is 2.91. The Hall–Kier alpha value is -1.91. The lowest BCUT2D eigenvalue weighted by Gasteiger charge is -2.62. The Morgan fingerprint density at radius 1 is 0.860 bits per heavy atom. The number of aliphatic hydroxyl groups excluding tert-OH is 1. The number of carbonyl (C=O) groups is 1. The summed E-state index contributed by atoms with van der Waals surface area (Å²) in [5.41, 5.74) is 0.0117. The van der Waals surface area contributed by atoms with Gasteiger partial charge < -0.3 is 14.9 Å². The minimum atomic E-state index is -1.24. The largest absolute Gasteiger partial charge is 0.455 e. The molecule has 2 N–H and O–H groups in total. The number of allylic oxidation sites excluding steroid dienone is 9. The van der Waals surface area contributed by atoms with E-state index in [1.807, 2.05) is 0 Å². The van der Waals surface area contributed by atoms with Crippen LogP contribution in [-0.4, -0.2) is 34.0 Å². The van der Waals surface area contributed by atoms with Crippen molar-refractivity contribution in [1.82, 2.24) is 0 Å². The molecular formula is C46H74O4. The van der Waals surface area contributed by atoms with Gasteiger partial charge in [0.15, 0.2) is 0 Å². The van der Waals surface area contributed by atoms with Gasteiger partial charge in [-0.05, 0) is 124 Å². The second kappa shape index (κ2) is 18.7. The van der Waals surface area contributed by atoms with Crippen LogP contribution >= 0.6 is 0 Å². The van der Waals surface area contributed by atoms with Crippen molar-refractivity contribution in [2.75, 3.05) is 0 Å². The highest BCUT2D eigenvalue weighted by molar-refractivity contribution is 5.70. The first kappa shape index (κ1) is 40.9. The first-order valence-electron chi connectivity index (χ1n) is 20.8. The molecule has 0 aromatic carbocycles. The molecule has 0 radical (unpaired) electrons. The number of hydrogen-bond donors (Lipinski definition) is 2. The Balaban J connectivity index is 1.33. The molecule has 4 nitrogen and oxygen atoms in total. The molecule has 0 heterocycles. The second-order valence-corrected chi connectivity index (χ2v) is 17.6. The predicted octanol–water partition coefficient (Wildman–Crippen LogP) is 11.6. The summed E-state index contributed by atoms with van der Waals surface area (Å²) in [6.07, 6.45) is 35.6. The summed E-state index contributed by atoms with van der Waals surface area (Å²) < 4.78 is 6.28. The Bertz CT molecular complexity index is 1220. The van der Waals surface area contributed by atoms with Crippen molar-refractivity contribution >= 4 is 5.97 Å². The normalized spacial score (nSPS) is 35.5. The van der Waals surface area contributed by atoms with Crippen LogP contribution in [0.3, 0.4) is 0 Å². The predicted molar refractivity (Wildman–Crippen MR) is 209 cm³/mol. The Labute approximate surface area is 307 Å². The SMILES string of the molecule is CC/C=C\C/C=C\C/C=C\CCCCCCCC(=O)O[C@@H]1C=C2[C@@H]3CC[C@H]([C@H](C)/C=C/[C@H](C)C(C)C)[C@@]3(C)CC[C@@H]2[C@@]2(C)CC[C@H](O)C[C@]12O. The Morgan fingerprint density at radius 3 is 2.26 bits per heavy atom. The van der Waals surface area contributed by atoms with Crippen LogP contribution in [0, 0.1) is 46.3 Å². The van der Waals surface area contributed by atoms with E-state index in [1.165, 1.54) is 37.7 Å². The highest BCUT2D eigenvalue weighted by atomic mass is 16.6. The molecular weight excluding hydrogens is 617 g/mol. The van der Waals surface area contributed by atoms with Crippen LogP contribution in [0.4, 0.5) is 0 Å². The first-order chi connectivity index (χ1) is 23.9. The molecule has 3 fully saturated rings. The fourth-order valence-corrected chi connectivity index (χ4v) is 10.4. The van der Waals surface area contributed by atoms with Crippen LogP contribution in [0.15, 0.2) is 60.3 Å². The van der Waals surface area contributed by atoms with Crippen molar-refractivity contribution in [2.24, 2.45) is 46.3 Å². The third kappa shape index (κ3) is 9.54. The summed E-state index contributed by atoms with van der Waals surface area (Å²) in [4.78, 5) is 13.4. The van der Waals surface area contributed by atoms with E-state index in [9.17, 15) is 15.0 Å². The quantitative estimate of drug-likeness (QED) is 0.0853. The number of aliphatic hydroxyl groups is 2. The van der Waals surface area contributed by atoms with Crippen molar-refractivity contribution in [2.45, 2.75) is 175 Å². The highest BCUT2D eigenvalue weighted by Gasteiger charge is 2.66. The number of hydrogen-bond acceptors (Lipinski definition) is 4.